The van der Waals surface area contributed by atoms with E-state index in [1.54, 1.807) is 0 Å². The topological polar surface area (TPSA) is 64.9 Å². The van der Waals surface area contributed by atoms with Crippen LogP contribution in [-0.4, -0.2) is 15.4 Å². The molecule has 17 heavy (non-hydrogen) atoms. The highest BCUT2D eigenvalue weighted by Gasteiger charge is 2.22. The van der Waals surface area contributed by atoms with Crippen LogP contribution in [0, 0.1) is 0 Å². The van der Waals surface area contributed by atoms with Gasteiger partial charge in [-0.15, -0.1) is 11.8 Å². The summed E-state index contributed by atoms with van der Waals surface area (Å²) in [6, 6.07) is 8.26. The zero-order valence-corrected chi connectivity index (χ0v) is 10.1. The smallest absolute Gasteiger partial charge is 0.240 e. The lowest BCUT2D eigenvalue weighted by molar-refractivity contribution is 0.380. The third kappa shape index (κ3) is 2.50. The second-order valence-electron chi connectivity index (χ2n) is 4.06. The van der Waals surface area contributed by atoms with Gasteiger partial charge in [-0.2, -0.15) is 4.98 Å². The Kier molecular flexibility index (Phi) is 2.86. The maximum Gasteiger partial charge on any atom is 0.240 e. The monoisotopic (exact) mass is 247 g/mol. The number of rotatable bonds is 4. The SMILES string of the molecule is NCc1nc(-c2ccc(SC3CC3)cc2)no1. The molecule has 4 nitrogen and oxygen atoms in total. The Morgan fingerprint density at radius 2 is 2.06 bits per heavy atom. The molecule has 0 atom stereocenters. The molecule has 0 saturated heterocycles. The van der Waals surface area contributed by atoms with Crippen LogP contribution in [0.2, 0.25) is 0 Å². The van der Waals surface area contributed by atoms with Crippen LogP contribution in [0.4, 0.5) is 0 Å². The zero-order chi connectivity index (χ0) is 11.7. The lowest BCUT2D eigenvalue weighted by atomic mass is 10.2. The van der Waals surface area contributed by atoms with Crippen LogP contribution < -0.4 is 5.73 Å². The Labute approximate surface area is 104 Å². The molecule has 0 amide bonds. The highest BCUT2D eigenvalue weighted by atomic mass is 32.2. The summed E-state index contributed by atoms with van der Waals surface area (Å²) in [6.07, 6.45) is 2.69. The lowest BCUT2D eigenvalue weighted by Gasteiger charge is -1.99. The Hall–Kier alpha value is -1.33. The molecule has 0 aliphatic heterocycles. The Morgan fingerprint density at radius 3 is 2.65 bits per heavy atom. The molecule has 1 aromatic heterocycles. The fourth-order valence-corrected chi connectivity index (χ4v) is 2.57. The van der Waals surface area contributed by atoms with Crippen LogP contribution in [0.3, 0.4) is 0 Å². The second-order valence-corrected chi connectivity index (χ2v) is 5.43. The first kappa shape index (κ1) is 10.8. The minimum atomic E-state index is 0.280. The maximum absolute atomic E-state index is 5.43. The van der Waals surface area contributed by atoms with E-state index in [0.29, 0.717) is 11.7 Å². The number of nitrogens with zero attached hydrogens (tertiary/aromatic N) is 2. The number of hydrogen-bond acceptors (Lipinski definition) is 5. The van der Waals surface area contributed by atoms with Crippen LogP contribution in [0.15, 0.2) is 33.7 Å². The summed E-state index contributed by atoms with van der Waals surface area (Å²) >= 11 is 1.94. The van der Waals surface area contributed by atoms with Crippen LogP contribution in [0.1, 0.15) is 18.7 Å². The summed E-state index contributed by atoms with van der Waals surface area (Å²) in [5.74, 6) is 1.07. The molecule has 0 spiro atoms. The summed E-state index contributed by atoms with van der Waals surface area (Å²) in [4.78, 5) is 5.50. The average Bonchev–Trinajstić information content (AvgIpc) is 3.05. The van der Waals surface area contributed by atoms with Gasteiger partial charge >= 0.3 is 0 Å². The molecule has 5 heteroatoms. The van der Waals surface area contributed by atoms with Gasteiger partial charge in [-0.3, -0.25) is 0 Å². The quantitative estimate of drug-likeness (QED) is 0.899. The molecule has 1 aliphatic carbocycles. The van der Waals surface area contributed by atoms with E-state index in [1.807, 2.05) is 23.9 Å². The van der Waals surface area contributed by atoms with E-state index in [0.717, 1.165) is 10.8 Å². The highest BCUT2D eigenvalue weighted by Crippen LogP contribution is 2.39. The standard InChI is InChI=1S/C12H13N3OS/c13-7-11-14-12(15-16-11)8-1-3-9(4-2-8)17-10-5-6-10/h1-4,10H,5-7,13H2. The van der Waals surface area contributed by atoms with Gasteiger partial charge < -0.3 is 10.3 Å². The summed E-state index contributed by atoms with van der Waals surface area (Å²) in [6.45, 7) is 0.280. The predicted molar refractivity (Wildman–Crippen MR) is 66.5 cm³/mol. The van der Waals surface area contributed by atoms with Crippen molar-refractivity contribution in [3.05, 3.63) is 30.2 Å². The van der Waals surface area contributed by atoms with Crippen molar-refractivity contribution in [2.45, 2.75) is 29.5 Å². The van der Waals surface area contributed by atoms with E-state index in [1.165, 1.54) is 17.7 Å². The number of hydrogen-bond donors (Lipinski definition) is 1. The molecule has 1 saturated carbocycles. The minimum Gasteiger partial charge on any atom is -0.338 e. The van der Waals surface area contributed by atoms with Gasteiger partial charge in [0, 0.05) is 15.7 Å². The van der Waals surface area contributed by atoms with Gasteiger partial charge in [-0.05, 0) is 37.1 Å². The van der Waals surface area contributed by atoms with Gasteiger partial charge in [-0.25, -0.2) is 0 Å². The minimum absolute atomic E-state index is 0.280. The molecule has 1 fully saturated rings. The van der Waals surface area contributed by atoms with Gasteiger partial charge in [0.25, 0.3) is 0 Å². The fraction of sp³-hybridized carbons (Fsp3) is 0.333. The van der Waals surface area contributed by atoms with Crippen molar-refractivity contribution in [2.75, 3.05) is 0 Å². The van der Waals surface area contributed by atoms with Gasteiger partial charge in [-0.1, -0.05) is 5.16 Å². The molecular formula is C12H13N3OS. The van der Waals surface area contributed by atoms with E-state index >= 15 is 0 Å². The van der Waals surface area contributed by atoms with Gasteiger partial charge in [0.2, 0.25) is 11.7 Å². The third-order valence-corrected chi connectivity index (χ3v) is 3.93. The Bertz CT molecular complexity index is 505. The molecule has 2 N–H and O–H groups in total. The van der Waals surface area contributed by atoms with Crippen LogP contribution >= 0.6 is 11.8 Å². The van der Waals surface area contributed by atoms with Crippen molar-refractivity contribution in [1.82, 2.24) is 10.1 Å². The van der Waals surface area contributed by atoms with E-state index < -0.39 is 0 Å². The van der Waals surface area contributed by atoms with Crippen LogP contribution in [0.5, 0.6) is 0 Å². The predicted octanol–water partition coefficient (Wildman–Crippen LogP) is 2.45. The van der Waals surface area contributed by atoms with E-state index in [9.17, 15) is 0 Å². The molecule has 88 valence electrons. The summed E-state index contributed by atoms with van der Waals surface area (Å²) in [5.41, 5.74) is 6.39. The number of benzene rings is 1. The molecule has 3 rings (SSSR count). The van der Waals surface area contributed by atoms with Crippen molar-refractivity contribution in [3.8, 4) is 11.4 Å². The summed E-state index contributed by atoms with van der Waals surface area (Å²) in [5, 5.41) is 4.72. The number of aromatic nitrogens is 2. The molecule has 0 unspecified atom stereocenters. The van der Waals surface area contributed by atoms with Crippen molar-refractivity contribution in [1.29, 1.82) is 0 Å². The lowest BCUT2D eigenvalue weighted by Crippen LogP contribution is -1.95. The zero-order valence-electron chi connectivity index (χ0n) is 9.30. The van der Waals surface area contributed by atoms with Gasteiger partial charge in [0.05, 0.1) is 6.54 Å². The van der Waals surface area contributed by atoms with Gasteiger partial charge in [0.1, 0.15) is 0 Å². The maximum atomic E-state index is 5.43. The van der Waals surface area contributed by atoms with Crippen LogP contribution in [0.25, 0.3) is 11.4 Å². The largest absolute Gasteiger partial charge is 0.338 e. The fourth-order valence-electron chi connectivity index (χ4n) is 1.52. The molecule has 1 aromatic carbocycles. The van der Waals surface area contributed by atoms with E-state index in [2.05, 4.69) is 22.3 Å². The van der Waals surface area contributed by atoms with Crippen molar-refractivity contribution in [2.24, 2.45) is 5.73 Å². The molecule has 1 heterocycles. The summed E-state index contributed by atoms with van der Waals surface area (Å²) in [7, 11) is 0. The number of thioether (sulfide) groups is 1. The van der Waals surface area contributed by atoms with Crippen molar-refractivity contribution >= 4 is 11.8 Å². The molecule has 1 aliphatic rings. The van der Waals surface area contributed by atoms with E-state index in [4.69, 9.17) is 10.3 Å². The Morgan fingerprint density at radius 1 is 1.29 bits per heavy atom. The highest BCUT2D eigenvalue weighted by molar-refractivity contribution is 8.00. The van der Waals surface area contributed by atoms with Crippen LogP contribution in [-0.2, 0) is 6.54 Å². The summed E-state index contributed by atoms with van der Waals surface area (Å²) < 4.78 is 4.98. The third-order valence-electron chi connectivity index (χ3n) is 2.58. The normalized spacial score (nSPS) is 15.1. The second kappa shape index (κ2) is 4.50. The first-order chi connectivity index (χ1) is 8.35. The van der Waals surface area contributed by atoms with Crippen molar-refractivity contribution < 1.29 is 4.52 Å². The Balaban J connectivity index is 1.78. The van der Waals surface area contributed by atoms with Crippen molar-refractivity contribution in [3.63, 3.8) is 0 Å². The van der Waals surface area contributed by atoms with E-state index in [-0.39, 0.29) is 6.54 Å². The molecule has 0 radical (unpaired) electrons. The first-order valence-electron chi connectivity index (χ1n) is 5.65. The molecule has 0 bridgehead atoms. The molecular weight excluding hydrogens is 234 g/mol. The molecule has 2 aromatic rings. The van der Waals surface area contributed by atoms with Gasteiger partial charge in [0.15, 0.2) is 0 Å². The average molecular weight is 247 g/mol. The number of nitrogens with two attached hydrogens (primary N) is 1. The first-order valence-corrected chi connectivity index (χ1v) is 6.53.